The number of oxazole rings is 1. The number of anilines is 1. The molecule has 1 amide bonds. The van der Waals surface area contributed by atoms with Crippen LogP contribution in [0.25, 0.3) is 0 Å². The van der Waals surface area contributed by atoms with Gasteiger partial charge < -0.3 is 9.52 Å². The molecular formula is C7H8N2O3. The number of rotatable bonds is 1. The van der Waals surface area contributed by atoms with Gasteiger partial charge in [-0.25, -0.2) is 4.98 Å². The minimum atomic E-state index is -0.593. The SMILES string of the molecule is O=C1CC(O)CN1c1ncco1. The molecule has 0 radical (unpaired) electrons. The van der Waals surface area contributed by atoms with Gasteiger partial charge in [0.2, 0.25) is 5.91 Å². The van der Waals surface area contributed by atoms with E-state index < -0.39 is 6.10 Å². The van der Waals surface area contributed by atoms with E-state index in [0.717, 1.165) is 0 Å². The van der Waals surface area contributed by atoms with E-state index in [-0.39, 0.29) is 24.9 Å². The van der Waals surface area contributed by atoms with E-state index in [0.29, 0.717) is 0 Å². The maximum Gasteiger partial charge on any atom is 0.304 e. The van der Waals surface area contributed by atoms with E-state index in [2.05, 4.69) is 4.98 Å². The molecule has 5 nitrogen and oxygen atoms in total. The third-order valence-corrected chi connectivity index (χ3v) is 1.75. The lowest BCUT2D eigenvalue weighted by Gasteiger charge is -2.08. The Bertz CT molecular complexity index is 283. The Kier molecular flexibility index (Phi) is 1.58. The van der Waals surface area contributed by atoms with Crippen LogP contribution in [0.5, 0.6) is 0 Å². The molecule has 1 fully saturated rings. The van der Waals surface area contributed by atoms with Gasteiger partial charge in [0.25, 0.3) is 0 Å². The average molecular weight is 168 g/mol. The summed E-state index contributed by atoms with van der Waals surface area (Å²) in [4.78, 5) is 16.3. The summed E-state index contributed by atoms with van der Waals surface area (Å²) in [6, 6.07) is 0.261. The molecule has 64 valence electrons. The Labute approximate surface area is 68.6 Å². The summed E-state index contributed by atoms with van der Waals surface area (Å²) in [6.45, 7) is 0.277. The Morgan fingerprint density at radius 3 is 3.08 bits per heavy atom. The molecule has 1 unspecified atom stereocenters. The highest BCUT2D eigenvalue weighted by atomic mass is 16.4. The van der Waals surface area contributed by atoms with Crippen molar-refractivity contribution in [3.8, 4) is 0 Å². The van der Waals surface area contributed by atoms with Gasteiger partial charge in [-0.05, 0) is 0 Å². The Balaban J connectivity index is 2.21. The van der Waals surface area contributed by atoms with Crippen molar-refractivity contribution in [2.45, 2.75) is 12.5 Å². The number of hydrogen-bond donors (Lipinski definition) is 1. The summed E-state index contributed by atoms with van der Waals surface area (Å²) in [5, 5.41) is 9.14. The van der Waals surface area contributed by atoms with Crippen molar-refractivity contribution in [3.05, 3.63) is 12.5 Å². The van der Waals surface area contributed by atoms with E-state index in [9.17, 15) is 4.79 Å². The first kappa shape index (κ1) is 7.30. The second kappa shape index (κ2) is 2.60. The van der Waals surface area contributed by atoms with Crippen molar-refractivity contribution >= 4 is 11.9 Å². The molecule has 0 spiro atoms. The molecule has 2 heterocycles. The highest BCUT2D eigenvalue weighted by Gasteiger charge is 2.31. The number of aliphatic hydroxyl groups excluding tert-OH is 1. The van der Waals surface area contributed by atoms with Crippen molar-refractivity contribution in [3.63, 3.8) is 0 Å². The van der Waals surface area contributed by atoms with E-state index in [4.69, 9.17) is 9.52 Å². The van der Waals surface area contributed by atoms with E-state index in [1.54, 1.807) is 0 Å². The molecule has 0 aliphatic carbocycles. The number of aliphatic hydroxyl groups is 1. The van der Waals surface area contributed by atoms with Crippen LogP contribution in [-0.2, 0) is 4.79 Å². The first-order valence-electron chi connectivity index (χ1n) is 3.65. The zero-order valence-electron chi connectivity index (χ0n) is 6.30. The maximum atomic E-state index is 11.1. The predicted molar refractivity (Wildman–Crippen MR) is 39.5 cm³/mol. The highest BCUT2D eigenvalue weighted by Crippen LogP contribution is 2.18. The van der Waals surface area contributed by atoms with E-state index in [1.165, 1.54) is 17.4 Å². The summed E-state index contributed by atoms with van der Waals surface area (Å²) < 4.78 is 4.92. The molecule has 5 heteroatoms. The number of amides is 1. The minimum Gasteiger partial charge on any atom is -0.432 e. The zero-order chi connectivity index (χ0) is 8.55. The van der Waals surface area contributed by atoms with Crippen LogP contribution >= 0.6 is 0 Å². The normalized spacial score (nSPS) is 23.6. The molecule has 1 aromatic rings. The molecule has 12 heavy (non-hydrogen) atoms. The van der Waals surface area contributed by atoms with Gasteiger partial charge in [-0.15, -0.1) is 0 Å². The van der Waals surface area contributed by atoms with Crippen LogP contribution in [-0.4, -0.2) is 28.6 Å². The third kappa shape index (κ3) is 1.08. The van der Waals surface area contributed by atoms with Gasteiger partial charge in [0.05, 0.1) is 25.3 Å². The van der Waals surface area contributed by atoms with Crippen LogP contribution in [0.4, 0.5) is 6.01 Å². The number of hydrogen-bond acceptors (Lipinski definition) is 4. The molecule has 2 rings (SSSR count). The number of nitrogens with zero attached hydrogens (tertiary/aromatic N) is 2. The van der Waals surface area contributed by atoms with Crippen LogP contribution in [0.3, 0.4) is 0 Å². The summed E-state index contributed by atoms with van der Waals surface area (Å²) >= 11 is 0. The molecule has 1 aromatic heterocycles. The lowest BCUT2D eigenvalue weighted by Crippen LogP contribution is -2.25. The summed E-state index contributed by atoms with van der Waals surface area (Å²) in [6.07, 6.45) is 2.42. The van der Waals surface area contributed by atoms with Crippen LogP contribution in [0.15, 0.2) is 16.9 Å². The number of aromatic nitrogens is 1. The van der Waals surface area contributed by atoms with Gasteiger partial charge in [-0.3, -0.25) is 9.69 Å². The monoisotopic (exact) mass is 168 g/mol. The fraction of sp³-hybridized carbons (Fsp3) is 0.429. The second-order valence-electron chi connectivity index (χ2n) is 2.68. The van der Waals surface area contributed by atoms with Crippen LogP contribution in [0, 0.1) is 0 Å². The molecule has 0 aromatic carbocycles. The van der Waals surface area contributed by atoms with E-state index in [1.807, 2.05) is 0 Å². The molecule has 1 saturated heterocycles. The van der Waals surface area contributed by atoms with Gasteiger partial charge in [-0.1, -0.05) is 0 Å². The number of β-amino-alcohol motifs (C(OH)–C–C–N with tert-alkyl or cyclic N) is 1. The summed E-state index contributed by atoms with van der Waals surface area (Å²) in [5.74, 6) is -0.148. The van der Waals surface area contributed by atoms with Crippen LogP contribution in [0.1, 0.15) is 6.42 Å². The van der Waals surface area contributed by atoms with Crippen molar-refractivity contribution in [1.82, 2.24) is 4.98 Å². The lowest BCUT2D eigenvalue weighted by atomic mass is 10.3. The molecule has 1 aliphatic heterocycles. The molecule has 1 aliphatic rings. The van der Waals surface area contributed by atoms with Crippen LogP contribution < -0.4 is 4.90 Å². The molecule has 0 bridgehead atoms. The minimum absolute atomic E-state index is 0.148. The highest BCUT2D eigenvalue weighted by molar-refractivity contribution is 5.93. The Hall–Kier alpha value is -1.36. The van der Waals surface area contributed by atoms with Crippen molar-refractivity contribution in [1.29, 1.82) is 0 Å². The predicted octanol–water partition coefficient (Wildman–Crippen LogP) is -0.228. The van der Waals surface area contributed by atoms with Gasteiger partial charge >= 0.3 is 6.01 Å². The van der Waals surface area contributed by atoms with Gasteiger partial charge in [0.15, 0.2) is 0 Å². The fourth-order valence-corrected chi connectivity index (χ4v) is 1.22. The molecule has 1 N–H and O–H groups in total. The Morgan fingerprint density at radius 1 is 1.75 bits per heavy atom. The smallest absolute Gasteiger partial charge is 0.304 e. The molecule has 0 saturated carbocycles. The van der Waals surface area contributed by atoms with Gasteiger partial charge in [0.1, 0.15) is 6.26 Å². The largest absolute Gasteiger partial charge is 0.432 e. The summed E-state index contributed by atoms with van der Waals surface area (Å²) in [5.41, 5.74) is 0. The summed E-state index contributed by atoms with van der Waals surface area (Å²) in [7, 11) is 0. The molecular weight excluding hydrogens is 160 g/mol. The van der Waals surface area contributed by atoms with Gasteiger partial charge in [-0.2, -0.15) is 0 Å². The number of carbonyl (C=O) groups excluding carboxylic acids is 1. The zero-order valence-corrected chi connectivity index (χ0v) is 6.30. The first-order valence-corrected chi connectivity index (χ1v) is 3.65. The second-order valence-corrected chi connectivity index (χ2v) is 2.68. The standard InChI is InChI=1S/C7H8N2O3/c10-5-3-6(11)9(4-5)7-8-1-2-12-7/h1-2,5,10H,3-4H2. The maximum absolute atomic E-state index is 11.1. The van der Waals surface area contributed by atoms with Crippen molar-refractivity contribution in [2.24, 2.45) is 0 Å². The average Bonchev–Trinajstić information content (AvgIpc) is 2.58. The third-order valence-electron chi connectivity index (χ3n) is 1.75. The van der Waals surface area contributed by atoms with Crippen molar-refractivity contribution in [2.75, 3.05) is 11.4 Å². The van der Waals surface area contributed by atoms with Crippen LogP contribution in [0.2, 0.25) is 0 Å². The van der Waals surface area contributed by atoms with Crippen molar-refractivity contribution < 1.29 is 14.3 Å². The number of carbonyl (C=O) groups is 1. The first-order chi connectivity index (χ1) is 5.77. The topological polar surface area (TPSA) is 66.6 Å². The quantitative estimate of drug-likeness (QED) is 0.629. The van der Waals surface area contributed by atoms with E-state index >= 15 is 0 Å². The molecule has 1 atom stereocenters. The van der Waals surface area contributed by atoms with Gasteiger partial charge in [0, 0.05) is 0 Å². The Morgan fingerprint density at radius 2 is 2.58 bits per heavy atom. The lowest BCUT2D eigenvalue weighted by molar-refractivity contribution is -0.117. The fourth-order valence-electron chi connectivity index (χ4n) is 1.22.